The smallest absolute Gasteiger partial charge is 0.407 e. The van der Waals surface area contributed by atoms with Crippen LogP contribution in [0.4, 0.5) is 10.5 Å². The van der Waals surface area contributed by atoms with E-state index in [1.54, 1.807) is 0 Å². The summed E-state index contributed by atoms with van der Waals surface area (Å²) in [6, 6.07) is 5.68. The van der Waals surface area contributed by atoms with Crippen molar-refractivity contribution >= 4 is 11.8 Å². The van der Waals surface area contributed by atoms with Crippen molar-refractivity contribution in [2.24, 2.45) is 0 Å². The fourth-order valence-corrected chi connectivity index (χ4v) is 1.84. The van der Waals surface area contributed by atoms with Crippen LogP contribution in [0.15, 0.2) is 18.2 Å². The molecular weight excluding hydrogens is 272 g/mol. The van der Waals surface area contributed by atoms with Crippen molar-refractivity contribution in [3.63, 3.8) is 0 Å². The maximum absolute atomic E-state index is 11.5. The molecule has 2 rings (SSSR count). The molecule has 1 aromatic rings. The zero-order valence-corrected chi connectivity index (χ0v) is 12.7. The number of hydrogen-bond donors (Lipinski definition) is 2. The van der Waals surface area contributed by atoms with E-state index in [-0.39, 0.29) is 0 Å². The van der Waals surface area contributed by atoms with Crippen LogP contribution in [0.5, 0.6) is 11.5 Å². The first-order chi connectivity index (χ1) is 9.94. The van der Waals surface area contributed by atoms with Gasteiger partial charge in [0.1, 0.15) is 18.8 Å². The number of anilines is 1. The Morgan fingerprint density at radius 1 is 1.19 bits per heavy atom. The number of carbonyl (C=O) groups is 1. The number of rotatable bonds is 4. The number of amides is 1. The van der Waals surface area contributed by atoms with Crippen LogP contribution < -0.4 is 20.1 Å². The molecule has 1 aliphatic heterocycles. The molecule has 1 aliphatic rings. The van der Waals surface area contributed by atoms with E-state index in [2.05, 4.69) is 10.6 Å². The highest BCUT2D eigenvalue weighted by Crippen LogP contribution is 2.32. The van der Waals surface area contributed by atoms with Gasteiger partial charge in [-0.25, -0.2) is 4.79 Å². The first-order valence-electron chi connectivity index (χ1n) is 7.04. The second-order valence-corrected chi connectivity index (χ2v) is 5.71. The van der Waals surface area contributed by atoms with E-state index in [1.165, 1.54) is 0 Å². The highest BCUT2D eigenvalue weighted by atomic mass is 16.6. The Labute approximate surface area is 124 Å². The molecule has 0 unspecified atom stereocenters. The first kappa shape index (κ1) is 15.3. The Morgan fingerprint density at radius 3 is 2.62 bits per heavy atom. The van der Waals surface area contributed by atoms with Crippen LogP contribution in [0.25, 0.3) is 0 Å². The lowest BCUT2D eigenvalue weighted by Gasteiger charge is -2.20. The fraction of sp³-hybridized carbons (Fsp3) is 0.533. The minimum absolute atomic E-state index is 0.411. The average molecular weight is 294 g/mol. The molecule has 0 aliphatic carbocycles. The highest BCUT2D eigenvalue weighted by molar-refractivity contribution is 5.67. The number of fused-ring (bicyclic) bond motifs is 1. The van der Waals surface area contributed by atoms with Gasteiger partial charge in [-0.15, -0.1) is 0 Å². The third kappa shape index (κ3) is 5.06. The summed E-state index contributed by atoms with van der Waals surface area (Å²) in [4.78, 5) is 11.5. The van der Waals surface area contributed by atoms with E-state index in [0.29, 0.717) is 26.3 Å². The summed E-state index contributed by atoms with van der Waals surface area (Å²) in [5.41, 5.74) is 0.443. The number of nitrogens with one attached hydrogen (secondary N) is 2. The Morgan fingerprint density at radius 2 is 1.90 bits per heavy atom. The monoisotopic (exact) mass is 294 g/mol. The van der Waals surface area contributed by atoms with Crippen molar-refractivity contribution < 1.29 is 19.0 Å². The maximum atomic E-state index is 11.5. The summed E-state index contributed by atoms with van der Waals surface area (Å²) in [5, 5.41) is 5.90. The van der Waals surface area contributed by atoms with Crippen LogP contribution in [0.1, 0.15) is 20.8 Å². The maximum Gasteiger partial charge on any atom is 0.407 e. The second kappa shape index (κ2) is 6.56. The minimum Gasteiger partial charge on any atom is -0.486 e. The van der Waals surface area contributed by atoms with Crippen molar-refractivity contribution in [1.29, 1.82) is 0 Å². The molecule has 0 saturated heterocycles. The van der Waals surface area contributed by atoms with Crippen LogP contribution >= 0.6 is 0 Å². The van der Waals surface area contributed by atoms with Crippen molar-refractivity contribution in [3.05, 3.63) is 18.2 Å². The molecule has 0 aromatic heterocycles. The zero-order valence-electron chi connectivity index (χ0n) is 12.7. The van der Waals surface area contributed by atoms with Gasteiger partial charge in [-0.2, -0.15) is 0 Å². The number of hydrogen-bond acceptors (Lipinski definition) is 5. The van der Waals surface area contributed by atoms with E-state index in [4.69, 9.17) is 14.2 Å². The molecular formula is C15H22N2O4. The van der Waals surface area contributed by atoms with Gasteiger partial charge in [-0.1, -0.05) is 0 Å². The summed E-state index contributed by atoms with van der Waals surface area (Å²) in [5.74, 6) is 1.50. The van der Waals surface area contributed by atoms with Crippen LogP contribution in [-0.2, 0) is 4.74 Å². The molecule has 1 amide bonds. The lowest BCUT2D eigenvalue weighted by Crippen LogP contribution is -2.35. The van der Waals surface area contributed by atoms with Gasteiger partial charge in [0.25, 0.3) is 0 Å². The Kier molecular flexibility index (Phi) is 4.77. The van der Waals surface area contributed by atoms with Crippen molar-refractivity contribution in [2.45, 2.75) is 26.4 Å². The standard InChI is InChI=1S/C15H22N2O4/c1-15(2,3)21-14(18)17-7-6-16-11-4-5-12-13(10-11)20-9-8-19-12/h4-5,10,16H,6-9H2,1-3H3,(H,17,18). The van der Waals surface area contributed by atoms with Crippen molar-refractivity contribution in [1.82, 2.24) is 5.32 Å². The van der Waals surface area contributed by atoms with Crippen LogP contribution in [0.3, 0.4) is 0 Å². The molecule has 0 atom stereocenters. The largest absolute Gasteiger partial charge is 0.486 e. The summed E-state index contributed by atoms with van der Waals surface area (Å²) in [6.45, 7) is 7.72. The molecule has 1 heterocycles. The van der Waals surface area contributed by atoms with E-state index < -0.39 is 11.7 Å². The van der Waals surface area contributed by atoms with E-state index in [1.807, 2.05) is 39.0 Å². The topological polar surface area (TPSA) is 68.8 Å². The molecule has 0 bridgehead atoms. The van der Waals surface area contributed by atoms with E-state index in [0.717, 1.165) is 17.2 Å². The third-order valence-corrected chi connectivity index (χ3v) is 2.66. The predicted molar refractivity (Wildman–Crippen MR) is 80.2 cm³/mol. The SMILES string of the molecule is CC(C)(C)OC(=O)NCCNc1ccc2c(c1)OCCO2. The van der Waals surface area contributed by atoms with Crippen molar-refractivity contribution in [2.75, 3.05) is 31.6 Å². The minimum atomic E-state index is -0.479. The van der Waals surface area contributed by atoms with Gasteiger partial charge in [0.2, 0.25) is 0 Å². The fourth-order valence-electron chi connectivity index (χ4n) is 1.84. The lowest BCUT2D eigenvalue weighted by molar-refractivity contribution is 0.0530. The van der Waals surface area contributed by atoms with Gasteiger partial charge in [0, 0.05) is 24.8 Å². The van der Waals surface area contributed by atoms with Gasteiger partial charge < -0.3 is 24.8 Å². The number of benzene rings is 1. The molecule has 0 spiro atoms. The van der Waals surface area contributed by atoms with E-state index in [9.17, 15) is 4.79 Å². The quantitative estimate of drug-likeness (QED) is 0.835. The molecule has 6 heteroatoms. The van der Waals surface area contributed by atoms with Crippen LogP contribution in [0, 0.1) is 0 Å². The Hall–Kier alpha value is -2.11. The van der Waals surface area contributed by atoms with Gasteiger partial charge in [0.05, 0.1) is 0 Å². The Bertz CT molecular complexity index is 497. The molecule has 0 radical (unpaired) electrons. The summed E-state index contributed by atoms with van der Waals surface area (Å²) < 4.78 is 16.1. The van der Waals surface area contributed by atoms with Crippen LogP contribution in [-0.4, -0.2) is 38.0 Å². The number of ether oxygens (including phenoxy) is 3. The molecule has 1 aromatic carbocycles. The normalized spacial score (nSPS) is 13.5. The van der Waals surface area contributed by atoms with Gasteiger partial charge in [-0.3, -0.25) is 0 Å². The summed E-state index contributed by atoms with van der Waals surface area (Å²) >= 11 is 0. The molecule has 2 N–H and O–H groups in total. The molecule has 6 nitrogen and oxygen atoms in total. The average Bonchev–Trinajstić information content (AvgIpc) is 2.41. The Balaban J connectivity index is 1.73. The lowest BCUT2D eigenvalue weighted by atomic mass is 10.2. The van der Waals surface area contributed by atoms with Crippen LogP contribution in [0.2, 0.25) is 0 Å². The molecule has 116 valence electrons. The first-order valence-corrected chi connectivity index (χ1v) is 7.04. The zero-order chi connectivity index (χ0) is 15.3. The van der Waals surface area contributed by atoms with Gasteiger partial charge in [0.15, 0.2) is 11.5 Å². The second-order valence-electron chi connectivity index (χ2n) is 5.71. The third-order valence-electron chi connectivity index (χ3n) is 2.66. The van der Waals surface area contributed by atoms with Gasteiger partial charge in [-0.05, 0) is 32.9 Å². The molecule has 21 heavy (non-hydrogen) atoms. The summed E-state index contributed by atoms with van der Waals surface area (Å²) in [7, 11) is 0. The van der Waals surface area contributed by atoms with Crippen molar-refractivity contribution in [3.8, 4) is 11.5 Å². The van der Waals surface area contributed by atoms with E-state index >= 15 is 0 Å². The molecule has 0 fully saturated rings. The van der Waals surface area contributed by atoms with Gasteiger partial charge >= 0.3 is 6.09 Å². The highest BCUT2D eigenvalue weighted by Gasteiger charge is 2.15. The predicted octanol–water partition coefficient (Wildman–Crippen LogP) is 2.39. The summed E-state index contributed by atoms with van der Waals surface area (Å²) in [6.07, 6.45) is -0.411. The number of carbonyl (C=O) groups excluding carboxylic acids is 1. The molecule has 0 saturated carbocycles. The number of alkyl carbamates (subject to hydrolysis) is 1.